The van der Waals surface area contributed by atoms with Gasteiger partial charge in [-0.15, -0.1) is 0 Å². The third-order valence-corrected chi connectivity index (χ3v) is 6.16. The van der Waals surface area contributed by atoms with E-state index in [1.165, 1.54) is 26.3 Å². The maximum absolute atomic E-state index is 12.9. The van der Waals surface area contributed by atoms with E-state index in [0.717, 1.165) is 11.4 Å². The molecule has 0 N–H and O–H groups in total. The normalized spacial score (nSPS) is 15.4. The average molecular weight is 378 g/mol. The van der Waals surface area contributed by atoms with Crippen molar-refractivity contribution >= 4 is 44.6 Å². The first-order valence-electron chi connectivity index (χ1n) is 7.80. The van der Waals surface area contributed by atoms with E-state index in [4.69, 9.17) is 4.74 Å². The fourth-order valence-corrected chi connectivity index (χ4v) is 4.32. The second-order valence-electron chi connectivity index (χ2n) is 5.72. The van der Waals surface area contributed by atoms with Crippen molar-refractivity contribution in [3.63, 3.8) is 0 Å². The monoisotopic (exact) mass is 378 g/mol. The Bertz CT molecular complexity index is 1060. The smallest absolute Gasteiger partial charge is 0.351 e. The lowest BCUT2D eigenvalue weighted by atomic mass is 10.1. The van der Waals surface area contributed by atoms with Crippen LogP contribution in [0.25, 0.3) is 17.0 Å². The van der Waals surface area contributed by atoms with Crippen molar-refractivity contribution in [2.45, 2.75) is 13.5 Å². The Morgan fingerprint density at radius 3 is 2.35 bits per heavy atom. The number of aromatic nitrogens is 1. The van der Waals surface area contributed by atoms with Crippen LogP contribution in [-0.2, 0) is 30.8 Å². The minimum Gasteiger partial charge on any atom is -0.465 e. The first kappa shape index (κ1) is 18.0. The highest BCUT2D eigenvalue weighted by atomic mass is 32.2. The molecule has 138 valence electrons. The van der Waals surface area contributed by atoms with E-state index < -0.39 is 26.9 Å². The number of aryl methyl sites for hydroxylation is 1. The molecule has 2 aromatic rings. The Kier molecular flexibility index (Phi) is 4.27. The predicted octanol–water partition coefficient (Wildman–Crippen LogP) is 1.74. The molecule has 0 saturated carbocycles. The molecule has 0 amide bonds. The van der Waals surface area contributed by atoms with Crippen LogP contribution in [0, 0.1) is 0 Å². The third-order valence-electron chi connectivity index (χ3n) is 4.40. The topological polar surface area (TPSA) is 94.9 Å². The van der Waals surface area contributed by atoms with Crippen LogP contribution in [0.1, 0.15) is 22.8 Å². The van der Waals surface area contributed by atoms with Crippen LogP contribution >= 0.6 is 0 Å². The number of ether oxygens (including phenoxy) is 2. The molecule has 0 aliphatic carbocycles. The number of benzene rings is 1. The summed E-state index contributed by atoms with van der Waals surface area (Å²) in [7, 11) is -0.431. The number of nitrogens with zero attached hydrogens (tertiary/aromatic N) is 2. The molecule has 0 radical (unpaired) electrons. The van der Waals surface area contributed by atoms with Crippen LogP contribution in [0.15, 0.2) is 23.2 Å². The summed E-state index contributed by atoms with van der Waals surface area (Å²) in [4.78, 5) is 23.6. The molecule has 0 saturated heterocycles. The predicted molar refractivity (Wildman–Crippen MR) is 96.3 cm³/mol. The lowest BCUT2D eigenvalue weighted by molar-refractivity contribution is -0.135. The molecule has 1 aromatic carbocycles. The van der Waals surface area contributed by atoms with Crippen LogP contribution in [0.4, 0.5) is 5.69 Å². The molecule has 1 aromatic heterocycles. The number of sulfonamides is 1. The Hall–Kier alpha value is -2.81. The zero-order chi connectivity index (χ0) is 19.2. The van der Waals surface area contributed by atoms with Gasteiger partial charge in [0.15, 0.2) is 4.91 Å². The van der Waals surface area contributed by atoms with Gasteiger partial charge in [-0.25, -0.2) is 18.0 Å². The van der Waals surface area contributed by atoms with Crippen molar-refractivity contribution in [1.29, 1.82) is 0 Å². The van der Waals surface area contributed by atoms with E-state index in [2.05, 4.69) is 4.74 Å². The van der Waals surface area contributed by atoms with E-state index in [0.29, 0.717) is 28.7 Å². The standard InChI is InChI=1S/C17H18N2O6S/c1-5-19-9-11-8-14(17(21)25-4)26(22,23)18(2)12-6-10(16(20)24-3)7-13(19)15(11)12/h6-9H,5H2,1-4H3. The van der Waals surface area contributed by atoms with Crippen LogP contribution in [0.5, 0.6) is 0 Å². The molecular weight excluding hydrogens is 360 g/mol. The summed E-state index contributed by atoms with van der Waals surface area (Å²) >= 11 is 0. The highest BCUT2D eigenvalue weighted by Crippen LogP contribution is 2.39. The fourth-order valence-electron chi connectivity index (χ4n) is 3.05. The molecule has 3 rings (SSSR count). The van der Waals surface area contributed by atoms with Crippen LogP contribution < -0.4 is 4.31 Å². The Labute approximate surface area is 150 Å². The highest BCUT2D eigenvalue weighted by molar-refractivity contribution is 7.97. The first-order valence-corrected chi connectivity index (χ1v) is 9.24. The molecule has 2 heterocycles. The molecule has 0 bridgehead atoms. The van der Waals surface area contributed by atoms with Crippen molar-refractivity contribution in [1.82, 2.24) is 4.57 Å². The molecular formula is C17H18N2O6S. The first-order chi connectivity index (χ1) is 12.3. The summed E-state index contributed by atoms with van der Waals surface area (Å²) in [6.45, 7) is 2.52. The molecule has 8 nitrogen and oxygen atoms in total. The highest BCUT2D eigenvalue weighted by Gasteiger charge is 2.35. The zero-order valence-electron chi connectivity index (χ0n) is 14.8. The van der Waals surface area contributed by atoms with E-state index in [1.807, 2.05) is 11.5 Å². The molecule has 1 aliphatic rings. The second kappa shape index (κ2) is 6.17. The molecule has 0 unspecified atom stereocenters. The molecule has 9 heteroatoms. The third kappa shape index (κ3) is 2.47. The number of hydrogen-bond donors (Lipinski definition) is 0. The van der Waals surface area contributed by atoms with Gasteiger partial charge in [0.25, 0.3) is 10.0 Å². The average Bonchev–Trinajstić information content (AvgIpc) is 2.97. The van der Waals surface area contributed by atoms with Gasteiger partial charge in [-0.2, -0.15) is 0 Å². The van der Waals surface area contributed by atoms with E-state index in [1.54, 1.807) is 12.3 Å². The van der Waals surface area contributed by atoms with Crippen LogP contribution in [-0.4, -0.2) is 46.2 Å². The lowest BCUT2D eigenvalue weighted by Crippen LogP contribution is -2.30. The van der Waals surface area contributed by atoms with E-state index >= 15 is 0 Å². The summed E-state index contributed by atoms with van der Waals surface area (Å²) < 4.78 is 38.0. The van der Waals surface area contributed by atoms with Gasteiger partial charge in [-0.3, -0.25) is 4.31 Å². The van der Waals surface area contributed by atoms with Gasteiger partial charge in [-0.1, -0.05) is 0 Å². The molecule has 26 heavy (non-hydrogen) atoms. The van der Waals surface area contributed by atoms with Crippen LogP contribution in [0.2, 0.25) is 0 Å². The fraction of sp³-hybridized carbons (Fsp3) is 0.294. The minimum atomic E-state index is -4.14. The minimum absolute atomic E-state index is 0.220. The molecule has 1 aliphatic heterocycles. The van der Waals surface area contributed by atoms with Gasteiger partial charge in [0.1, 0.15) is 0 Å². The molecule has 0 fully saturated rings. The lowest BCUT2D eigenvalue weighted by Gasteiger charge is -2.20. The van der Waals surface area contributed by atoms with Gasteiger partial charge in [0.2, 0.25) is 0 Å². The Morgan fingerprint density at radius 2 is 1.77 bits per heavy atom. The second-order valence-corrected chi connectivity index (χ2v) is 7.66. The van der Waals surface area contributed by atoms with Gasteiger partial charge >= 0.3 is 11.9 Å². The largest absolute Gasteiger partial charge is 0.465 e. The number of rotatable bonds is 3. The van der Waals surface area contributed by atoms with Gasteiger partial charge in [-0.05, 0) is 25.1 Å². The Morgan fingerprint density at radius 1 is 1.12 bits per heavy atom. The summed E-state index contributed by atoms with van der Waals surface area (Å²) in [6, 6.07) is 3.10. The summed E-state index contributed by atoms with van der Waals surface area (Å²) in [6.07, 6.45) is 3.05. The SMILES string of the molecule is CCn1cc2c3c(cc(C(=O)OC)cc31)N(C)S(=O)(=O)C(C(=O)OC)=C2. The zero-order valence-corrected chi connectivity index (χ0v) is 15.6. The van der Waals surface area contributed by atoms with Gasteiger partial charge < -0.3 is 14.0 Å². The van der Waals surface area contributed by atoms with Gasteiger partial charge in [0.05, 0.1) is 31.0 Å². The number of carbonyl (C=O) groups excluding carboxylic acids is 2. The maximum Gasteiger partial charge on any atom is 0.351 e. The van der Waals surface area contributed by atoms with Crippen molar-refractivity contribution in [3.05, 3.63) is 34.4 Å². The van der Waals surface area contributed by atoms with E-state index in [-0.39, 0.29) is 5.56 Å². The van der Waals surface area contributed by atoms with Gasteiger partial charge in [0, 0.05) is 30.7 Å². The number of hydrogen-bond acceptors (Lipinski definition) is 6. The Balaban J connectivity index is 2.44. The quantitative estimate of drug-likeness (QED) is 0.755. The summed E-state index contributed by atoms with van der Waals surface area (Å²) in [5, 5.41) is 0.629. The van der Waals surface area contributed by atoms with Crippen molar-refractivity contribution in [3.8, 4) is 0 Å². The van der Waals surface area contributed by atoms with E-state index in [9.17, 15) is 18.0 Å². The van der Waals surface area contributed by atoms with Crippen molar-refractivity contribution in [2.24, 2.45) is 0 Å². The summed E-state index contributed by atoms with van der Waals surface area (Å²) in [5.41, 5.74) is 1.74. The number of carbonyl (C=O) groups is 2. The van der Waals surface area contributed by atoms with Crippen LogP contribution in [0.3, 0.4) is 0 Å². The maximum atomic E-state index is 12.9. The van der Waals surface area contributed by atoms with Crippen molar-refractivity contribution in [2.75, 3.05) is 25.6 Å². The molecule has 0 spiro atoms. The number of esters is 2. The number of methoxy groups -OCH3 is 2. The summed E-state index contributed by atoms with van der Waals surface area (Å²) in [5.74, 6) is -1.53. The number of anilines is 1. The molecule has 0 atom stereocenters. The van der Waals surface area contributed by atoms with Crippen molar-refractivity contribution < 1.29 is 27.5 Å².